The van der Waals surface area contributed by atoms with Crippen LogP contribution in [-0.4, -0.2) is 16.0 Å². The molecule has 1 amide bonds. The Bertz CT molecular complexity index is 996. The molecule has 24 heavy (non-hydrogen) atoms. The molecule has 120 valence electrons. The number of aryl methyl sites for hydroxylation is 1. The lowest BCUT2D eigenvalue weighted by molar-refractivity contribution is 0.0942. The van der Waals surface area contributed by atoms with Gasteiger partial charge in [0, 0.05) is 23.8 Å². The molecule has 1 aromatic carbocycles. The number of nitrogens with zero attached hydrogens (tertiary/aromatic N) is 1. The van der Waals surface area contributed by atoms with Crippen molar-refractivity contribution in [3.8, 4) is 11.5 Å². The Morgan fingerprint density at radius 2 is 2.12 bits per heavy atom. The number of aromatic nitrogens is 2. The molecule has 0 radical (unpaired) electrons. The van der Waals surface area contributed by atoms with Crippen LogP contribution >= 0.6 is 0 Å². The number of aromatic amines is 1. The van der Waals surface area contributed by atoms with Gasteiger partial charge in [0.2, 0.25) is 5.76 Å². The van der Waals surface area contributed by atoms with Crippen LogP contribution in [0.3, 0.4) is 0 Å². The number of rotatable bonds is 4. The zero-order valence-electron chi connectivity index (χ0n) is 13.0. The molecule has 0 spiro atoms. The summed E-state index contributed by atoms with van der Waals surface area (Å²) in [4.78, 5) is 15.5. The zero-order valence-corrected chi connectivity index (χ0v) is 13.0. The van der Waals surface area contributed by atoms with Gasteiger partial charge < -0.3 is 19.2 Å². The van der Waals surface area contributed by atoms with Gasteiger partial charge in [-0.3, -0.25) is 4.79 Å². The smallest absolute Gasteiger partial charge is 0.273 e. The highest BCUT2D eigenvalue weighted by atomic mass is 16.5. The Morgan fingerprint density at radius 3 is 2.96 bits per heavy atom. The van der Waals surface area contributed by atoms with E-state index < -0.39 is 0 Å². The lowest BCUT2D eigenvalue weighted by atomic mass is 10.1. The van der Waals surface area contributed by atoms with Crippen LogP contribution in [0.2, 0.25) is 0 Å². The number of amides is 1. The minimum atomic E-state index is -0.290. The van der Waals surface area contributed by atoms with E-state index in [1.165, 1.54) is 6.26 Å². The molecular formula is C18H15N3O3. The predicted molar refractivity (Wildman–Crippen MR) is 88.4 cm³/mol. The highest BCUT2D eigenvalue weighted by Crippen LogP contribution is 2.20. The minimum Gasteiger partial charge on any atom is -0.461 e. The summed E-state index contributed by atoms with van der Waals surface area (Å²) >= 11 is 0. The van der Waals surface area contributed by atoms with Crippen LogP contribution in [0.1, 0.15) is 21.7 Å². The van der Waals surface area contributed by atoms with Crippen LogP contribution in [0.5, 0.6) is 0 Å². The van der Waals surface area contributed by atoms with Crippen molar-refractivity contribution >= 4 is 16.8 Å². The second kappa shape index (κ2) is 5.73. The van der Waals surface area contributed by atoms with Gasteiger partial charge in [-0.1, -0.05) is 11.2 Å². The van der Waals surface area contributed by atoms with Crippen LogP contribution in [0.25, 0.3) is 22.4 Å². The van der Waals surface area contributed by atoms with Crippen molar-refractivity contribution in [2.75, 3.05) is 0 Å². The van der Waals surface area contributed by atoms with Gasteiger partial charge in [0.25, 0.3) is 5.91 Å². The molecule has 0 fully saturated rings. The van der Waals surface area contributed by atoms with E-state index in [-0.39, 0.29) is 11.6 Å². The van der Waals surface area contributed by atoms with E-state index in [1.807, 2.05) is 19.1 Å². The van der Waals surface area contributed by atoms with E-state index in [1.54, 1.807) is 18.2 Å². The summed E-state index contributed by atoms with van der Waals surface area (Å²) in [5.74, 6) is 0.672. The molecule has 0 aliphatic rings. The largest absolute Gasteiger partial charge is 0.461 e. The van der Waals surface area contributed by atoms with Crippen LogP contribution in [0.4, 0.5) is 0 Å². The van der Waals surface area contributed by atoms with Gasteiger partial charge in [-0.15, -0.1) is 0 Å². The maximum Gasteiger partial charge on any atom is 0.273 e. The normalized spacial score (nSPS) is 11.0. The zero-order chi connectivity index (χ0) is 16.5. The van der Waals surface area contributed by atoms with Gasteiger partial charge >= 0.3 is 0 Å². The number of carbonyl (C=O) groups excluding carboxylic acids is 1. The van der Waals surface area contributed by atoms with Crippen LogP contribution < -0.4 is 5.32 Å². The second-order valence-corrected chi connectivity index (χ2v) is 5.61. The molecule has 0 saturated carbocycles. The second-order valence-electron chi connectivity index (χ2n) is 5.61. The van der Waals surface area contributed by atoms with Crippen molar-refractivity contribution in [3.63, 3.8) is 0 Å². The lowest BCUT2D eigenvalue weighted by Crippen LogP contribution is -2.22. The van der Waals surface area contributed by atoms with Crippen LogP contribution in [0.15, 0.2) is 57.7 Å². The Morgan fingerprint density at radius 1 is 1.21 bits per heavy atom. The molecule has 3 heterocycles. The first kappa shape index (κ1) is 14.3. The molecule has 0 atom stereocenters. The highest BCUT2D eigenvalue weighted by Gasteiger charge is 2.15. The molecule has 0 aliphatic heterocycles. The van der Waals surface area contributed by atoms with E-state index in [4.69, 9.17) is 8.94 Å². The molecule has 4 aromatic rings. The number of hydrogen-bond acceptors (Lipinski definition) is 4. The van der Waals surface area contributed by atoms with Crippen LogP contribution in [-0.2, 0) is 6.54 Å². The molecule has 0 saturated heterocycles. The fourth-order valence-corrected chi connectivity index (χ4v) is 2.63. The summed E-state index contributed by atoms with van der Waals surface area (Å²) in [6.07, 6.45) is 1.54. The molecule has 2 N–H and O–H groups in total. The highest BCUT2D eigenvalue weighted by molar-refractivity contribution is 5.93. The van der Waals surface area contributed by atoms with Crippen molar-refractivity contribution in [2.45, 2.75) is 13.5 Å². The Balaban J connectivity index is 1.45. The van der Waals surface area contributed by atoms with E-state index in [0.717, 1.165) is 22.2 Å². The van der Waals surface area contributed by atoms with Crippen molar-refractivity contribution in [1.29, 1.82) is 0 Å². The number of hydrogen-bond donors (Lipinski definition) is 2. The molecule has 3 aromatic heterocycles. The van der Waals surface area contributed by atoms with E-state index in [2.05, 4.69) is 27.6 Å². The average Bonchev–Trinajstić information content (AvgIpc) is 3.30. The van der Waals surface area contributed by atoms with Gasteiger partial charge in [-0.05, 0) is 48.2 Å². The Labute approximate surface area is 137 Å². The number of furan rings is 1. The minimum absolute atomic E-state index is 0.222. The quantitative estimate of drug-likeness (QED) is 0.601. The number of H-pyrrole nitrogens is 1. The third-order valence-electron chi connectivity index (χ3n) is 3.78. The number of fused-ring (bicyclic) bond motifs is 1. The fraction of sp³-hybridized carbons (Fsp3) is 0.111. The van der Waals surface area contributed by atoms with Gasteiger partial charge in [-0.2, -0.15) is 0 Å². The monoisotopic (exact) mass is 321 g/mol. The molecule has 0 aliphatic carbocycles. The maximum absolute atomic E-state index is 12.2. The standard InChI is InChI=1S/C18H15N3O3/c1-11-7-13-8-12(4-5-14(13)20-11)10-19-18(22)15-9-17(24-21-15)16-3-2-6-23-16/h2-9,20H,10H2,1H3,(H,19,22). The Kier molecular flexibility index (Phi) is 3.42. The number of carbonyl (C=O) groups is 1. The van der Waals surface area contributed by atoms with Crippen molar-refractivity contribution in [1.82, 2.24) is 15.5 Å². The van der Waals surface area contributed by atoms with Gasteiger partial charge in [0.1, 0.15) is 0 Å². The number of nitrogens with one attached hydrogen (secondary N) is 2. The number of benzene rings is 1. The molecule has 0 unspecified atom stereocenters. The van der Waals surface area contributed by atoms with Crippen molar-refractivity contribution < 1.29 is 13.7 Å². The molecule has 4 rings (SSSR count). The topological polar surface area (TPSA) is 84.1 Å². The summed E-state index contributed by atoms with van der Waals surface area (Å²) < 4.78 is 10.4. The third-order valence-corrected chi connectivity index (χ3v) is 3.78. The summed E-state index contributed by atoms with van der Waals surface area (Å²) in [5, 5.41) is 7.75. The maximum atomic E-state index is 12.2. The van der Waals surface area contributed by atoms with E-state index >= 15 is 0 Å². The lowest BCUT2D eigenvalue weighted by Gasteiger charge is -2.03. The first-order valence-corrected chi connectivity index (χ1v) is 7.56. The predicted octanol–water partition coefficient (Wildman–Crippen LogP) is 3.65. The molecule has 0 bridgehead atoms. The SMILES string of the molecule is Cc1cc2cc(CNC(=O)c3cc(-c4ccco4)on3)ccc2[nH]1. The molecule has 6 heteroatoms. The van der Waals surface area contributed by atoms with Gasteiger partial charge in [0.15, 0.2) is 11.5 Å². The van der Waals surface area contributed by atoms with Crippen molar-refractivity contribution in [2.24, 2.45) is 0 Å². The fourth-order valence-electron chi connectivity index (χ4n) is 2.63. The first-order valence-electron chi connectivity index (χ1n) is 7.56. The summed E-state index contributed by atoms with van der Waals surface area (Å²) in [6.45, 7) is 2.44. The van der Waals surface area contributed by atoms with Crippen molar-refractivity contribution in [3.05, 3.63) is 65.7 Å². The van der Waals surface area contributed by atoms with E-state index in [0.29, 0.717) is 18.1 Å². The summed E-state index contributed by atoms with van der Waals surface area (Å²) in [6, 6.07) is 13.2. The van der Waals surface area contributed by atoms with Gasteiger partial charge in [-0.25, -0.2) is 0 Å². The first-order chi connectivity index (χ1) is 11.7. The average molecular weight is 321 g/mol. The van der Waals surface area contributed by atoms with Gasteiger partial charge in [0.05, 0.1) is 6.26 Å². The van der Waals surface area contributed by atoms with Crippen LogP contribution in [0, 0.1) is 6.92 Å². The third kappa shape index (κ3) is 2.69. The molecule has 6 nitrogen and oxygen atoms in total. The molecular weight excluding hydrogens is 306 g/mol. The summed E-state index contributed by atoms with van der Waals surface area (Å²) in [5.41, 5.74) is 3.44. The summed E-state index contributed by atoms with van der Waals surface area (Å²) in [7, 11) is 0. The Hall–Kier alpha value is -3.28. The van der Waals surface area contributed by atoms with E-state index in [9.17, 15) is 4.79 Å².